The minimum atomic E-state index is -3.44. The highest BCUT2D eigenvalue weighted by Crippen LogP contribution is 2.22. The summed E-state index contributed by atoms with van der Waals surface area (Å²) < 4.78 is 32.4. The van der Waals surface area contributed by atoms with Crippen molar-refractivity contribution in [1.29, 1.82) is 0 Å². The number of ether oxygens (including phenoxy) is 1. The lowest BCUT2D eigenvalue weighted by molar-refractivity contribution is -0.132. The molecule has 26 heavy (non-hydrogen) atoms. The molecule has 1 aromatic heterocycles. The number of amides is 1. The molecule has 140 valence electrons. The minimum Gasteiger partial charge on any atom is -0.493 e. The van der Waals surface area contributed by atoms with E-state index in [0.29, 0.717) is 37.0 Å². The lowest BCUT2D eigenvalue weighted by Gasteiger charge is -2.33. The first-order chi connectivity index (χ1) is 12.5. The Labute approximate surface area is 158 Å². The molecular weight excluding hydrogens is 372 g/mol. The molecule has 1 fully saturated rings. The number of rotatable bonds is 6. The van der Waals surface area contributed by atoms with E-state index in [1.165, 1.54) is 15.6 Å². The predicted octanol–water partition coefficient (Wildman–Crippen LogP) is 2.36. The van der Waals surface area contributed by atoms with Crippen LogP contribution in [0.4, 0.5) is 0 Å². The van der Waals surface area contributed by atoms with Gasteiger partial charge >= 0.3 is 0 Å². The Balaban J connectivity index is 1.46. The zero-order chi connectivity index (χ0) is 18.6. The van der Waals surface area contributed by atoms with Gasteiger partial charge in [-0.3, -0.25) is 4.79 Å². The number of carbonyl (C=O) groups is 1. The second-order valence-corrected chi connectivity index (χ2v) is 9.24. The maximum atomic E-state index is 12.5. The van der Waals surface area contributed by atoms with Gasteiger partial charge in [0.05, 0.1) is 13.0 Å². The molecule has 8 heteroatoms. The highest BCUT2D eigenvalue weighted by molar-refractivity contribution is 7.91. The van der Waals surface area contributed by atoms with Gasteiger partial charge in [-0.25, -0.2) is 8.42 Å². The van der Waals surface area contributed by atoms with Crippen LogP contribution in [0.1, 0.15) is 12.0 Å². The van der Waals surface area contributed by atoms with E-state index in [9.17, 15) is 13.2 Å². The van der Waals surface area contributed by atoms with E-state index in [2.05, 4.69) is 0 Å². The van der Waals surface area contributed by atoms with Gasteiger partial charge in [-0.05, 0) is 36.1 Å². The van der Waals surface area contributed by atoms with Crippen molar-refractivity contribution in [2.24, 2.45) is 0 Å². The normalized spacial score (nSPS) is 15.8. The van der Waals surface area contributed by atoms with Crippen molar-refractivity contribution in [3.8, 4) is 5.75 Å². The first-order valence-corrected chi connectivity index (χ1v) is 10.8. The maximum Gasteiger partial charge on any atom is 0.252 e. The highest BCUT2D eigenvalue weighted by Gasteiger charge is 2.30. The second-order valence-electron chi connectivity index (χ2n) is 6.13. The molecular formula is C18H22N2O4S2. The maximum absolute atomic E-state index is 12.5. The Morgan fingerprint density at radius 3 is 2.58 bits per heavy atom. The van der Waals surface area contributed by atoms with Crippen LogP contribution in [-0.2, 0) is 14.8 Å². The van der Waals surface area contributed by atoms with Crippen LogP contribution in [-0.4, -0.2) is 56.3 Å². The van der Waals surface area contributed by atoms with E-state index in [1.54, 1.807) is 22.4 Å². The smallest absolute Gasteiger partial charge is 0.252 e. The van der Waals surface area contributed by atoms with Crippen molar-refractivity contribution < 1.29 is 17.9 Å². The molecule has 6 nitrogen and oxygen atoms in total. The monoisotopic (exact) mass is 394 g/mol. The van der Waals surface area contributed by atoms with Gasteiger partial charge in [-0.15, -0.1) is 11.3 Å². The summed E-state index contributed by atoms with van der Waals surface area (Å²) in [5.74, 6) is 0.746. The van der Waals surface area contributed by atoms with Crippen LogP contribution in [0, 0.1) is 6.92 Å². The number of hydrogen-bond donors (Lipinski definition) is 0. The third kappa shape index (κ3) is 4.44. The molecule has 3 rings (SSSR count). The van der Waals surface area contributed by atoms with E-state index in [4.69, 9.17) is 4.74 Å². The molecule has 1 aromatic carbocycles. The Morgan fingerprint density at radius 2 is 1.92 bits per heavy atom. The quantitative estimate of drug-likeness (QED) is 0.754. The first kappa shape index (κ1) is 18.9. The summed E-state index contributed by atoms with van der Waals surface area (Å²) in [6.07, 6.45) is 0.283. The van der Waals surface area contributed by atoms with Crippen LogP contribution < -0.4 is 4.74 Å². The number of aryl methyl sites for hydroxylation is 1. The summed E-state index contributed by atoms with van der Waals surface area (Å²) in [5, 5.41) is 1.75. The van der Waals surface area contributed by atoms with Crippen LogP contribution in [0.3, 0.4) is 0 Å². The second kappa shape index (κ2) is 8.20. The van der Waals surface area contributed by atoms with Crippen molar-refractivity contribution in [3.63, 3.8) is 0 Å². The van der Waals surface area contributed by atoms with Gasteiger partial charge in [0.2, 0.25) is 5.91 Å². The first-order valence-electron chi connectivity index (χ1n) is 8.48. The van der Waals surface area contributed by atoms with Gasteiger partial charge in [0.25, 0.3) is 10.0 Å². The predicted molar refractivity (Wildman–Crippen MR) is 101 cm³/mol. The number of thiophene rings is 1. The SMILES string of the molecule is Cc1cccc(OCCC(=O)N2CCN(S(=O)(=O)c3cccs3)CC2)c1. The van der Waals surface area contributed by atoms with Gasteiger partial charge in [-0.2, -0.15) is 4.31 Å². The number of hydrogen-bond acceptors (Lipinski definition) is 5. The molecule has 2 heterocycles. The molecule has 0 atom stereocenters. The number of benzene rings is 1. The third-order valence-electron chi connectivity index (χ3n) is 4.25. The molecule has 1 aliphatic rings. The molecule has 0 bridgehead atoms. The highest BCUT2D eigenvalue weighted by atomic mass is 32.2. The molecule has 0 spiro atoms. The van der Waals surface area contributed by atoms with Crippen molar-refractivity contribution in [3.05, 3.63) is 47.3 Å². The van der Waals surface area contributed by atoms with E-state index < -0.39 is 10.0 Å². The van der Waals surface area contributed by atoms with Crippen LogP contribution in [0.2, 0.25) is 0 Å². The summed E-state index contributed by atoms with van der Waals surface area (Å²) in [6.45, 7) is 3.77. The fraction of sp³-hybridized carbons (Fsp3) is 0.389. The molecule has 1 aliphatic heterocycles. The van der Waals surface area contributed by atoms with Crippen LogP contribution in [0.5, 0.6) is 5.75 Å². The van der Waals surface area contributed by atoms with E-state index in [0.717, 1.165) is 11.3 Å². The summed E-state index contributed by atoms with van der Waals surface area (Å²) >= 11 is 1.21. The van der Waals surface area contributed by atoms with E-state index in [1.807, 2.05) is 31.2 Å². The van der Waals surface area contributed by atoms with Crippen LogP contribution >= 0.6 is 11.3 Å². The molecule has 0 unspecified atom stereocenters. The number of sulfonamides is 1. The standard InChI is InChI=1S/C18H22N2O4S2/c1-15-4-2-5-16(14-15)24-12-7-17(21)19-8-10-20(11-9-19)26(22,23)18-6-3-13-25-18/h2-6,13-14H,7-12H2,1H3. The minimum absolute atomic E-state index is 0.00850. The number of nitrogens with zero attached hydrogens (tertiary/aromatic N) is 2. The largest absolute Gasteiger partial charge is 0.493 e. The number of carbonyl (C=O) groups excluding carboxylic acids is 1. The Bertz CT molecular complexity index is 842. The lowest BCUT2D eigenvalue weighted by Crippen LogP contribution is -2.50. The summed E-state index contributed by atoms with van der Waals surface area (Å²) in [4.78, 5) is 14.0. The average molecular weight is 395 g/mol. The zero-order valence-corrected chi connectivity index (χ0v) is 16.3. The van der Waals surface area contributed by atoms with Crippen molar-refractivity contribution >= 4 is 27.3 Å². The molecule has 0 aliphatic carbocycles. The van der Waals surface area contributed by atoms with Gasteiger partial charge < -0.3 is 9.64 Å². The van der Waals surface area contributed by atoms with Gasteiger partial charge in [0, 0.05) is 26.2 Å². The van der Waals surface area contributed by atoms with Crippen LogP contribution in [0.25, 0.3) is 0 Å². The molecule has 1 amide bonds. The summed E-state index contributed by atoms with van der Waals surface area (Å²) in [6, 6.07) is 11.0. The average Bonchev–Trinajstić information content (AvgIpc) is 3.17. The Kier molecular flexibility index (Phi) is 5.95. The molecule has 0 N–H and O–H groups in total. The van der Waals surface area contributed by atoms with Crippen molar-refractivity contribution in [2.45, 2.75) is 17.6 Å². The fourth-order valence-electron chi connectivity index (χ4n) is 2.83. The molecule has 0 saturated carbocycles. The fourth-order valence-corrected chi connectivity index (χ4v) is 5.40. The summed E-state index contributed by atoms with van der Waals surface area (Å²) in [5.41, 5.74) is 1.11. The van der Waals surface area contributed by atoms with E-state index >= 15 is 0 Å². The van der Waals surface area contributed by atoms with Crippen molar-refractivity contribution in [2.75, 3.05) is 32.8 Å². The van der Waals surface area contributed by atoms with Crippen molar-refractivity contribution in [1.82, 2.24) is 9.21 Å². The summed E-state index contributed by atoms with van der Waals surface area (Å²) in [7, 11) is -3.44. The van der Waals surface area contributed by atoms with Gasteiger partial charge in [0.1, 0.15) is 9.96 Å². The Morgan fingerprint density at radius 1 is 1.15 bits per heavy atom. The van der Waals surface area contributed by atoms with E-state index in [-0.39, 0.29) is 12.3 Å². The topological polar surface area (TPSA) is 66.9 Å². The van der Waals surface area contributed by atoms with Crippen LogP contribution in [0.15, 0.2) is 46.0 Å². The lowest BCUT2D eigenvalue weighted by atomic mass is 10.2. The van der Waals surface area contributed by atoms with Gasteiger partial charge in [0.15, 0.2) is 0 Å². The molecule has 0 radical (unpaired) electrons. The molecule has 1 saturated heterocycles. The van der Waals surface area contributed by atoms with Gasteiger partial charge in [-0.1, -0.05) is 18.2 Å². The third-order valence-corrected chi connectivity index (χ3v) is 7.53. The molecule has 2 aromatic rings. The number of piperazine rings is 1. The zero-order valence-electron chi connectivity index (χ0n) is 14.6. The Hall–Kier alpha value is -1.90.